The minimum absolute atomic E-state index is 0.224. The largest absolute Gasteiger partial charge is 0.492 e. The van der Waals surface area contributed by atoms with Crippen molar-refractivity contribution in [3.05, 3.63) is 29.3 Å². The van der Waals surface area contributed by atoms with E-state index in [1.165, 1.54) is 58.0 Å². The van der Waals surface area contributed by atoms with Gasteiger partial charge in [-0.3, -0.25) is 4.90 Å². The van der Waals surface area contributed by atoms with E-state index in [9.17, 15) is 4.79 Å². The third-order valence-electron chi connectivity index (χ3n) is 6.47. The predicted octanol–water partition coefficient (Wildman–Crippen LogP) is 3.80. The molecule has 1 saturated carbocycles. The average Bonchev–Trinajstić information content (AvgIpc) is 3.08. The number of fused-ring (bicyclic) bond motifs is 1. The summed E-state index contributed by atoms with van der Waals surface area (Å²) >= 11 is 0. The van der Waals surface area contributed by atoms with Crippen molar-refractivity contribution in [1.82, 2.24) is 4.90 Å². The van der Waals surface area contributed by atoms with Crippen LogP contribution in [0.3, 0.4) is 0 Å². The van der Waals surface area contributed by atoms with Crippen LogP contribution in [0.15, 0.2) is 18.2 Å². The van der Waals surface area contributed by atoms with Crippen LogP contribution in [-0.4, -0.2) is 49.8 Å². The lowest BCUT2D eigenvalue weighted by Gasteiger charge is -2.39. The van der Waals surface area contributed by atoms with Gasteiger partial charge in [-0.25, -0.2) is 4.79 Å². The second-order valence-electron chi connectivity index (χ2n) is 8.23. The first-order chi connectivity index (χ1) is 13.2. The normalized spacial score (nSPS) is 28.6. The number of benzene rings is 1. The van der Waals surface area contributed by atoms with Crippen molar-refractivity contribution in [1.29, 1.82) is 0 Å². The van der Waals surface area contributed by atoms with E-state index in [4.69, 9.17) is 14.2 Å². The summed E-state index contributed by atoms with van der Waals surface area (Å²) < 4.78 is 16.7. The van der Waals surface area contributed by atoms with E-state index < -0.39 is 0 Å². The van der Waals surface area contributed by atoms with Gasteiger partial charge in [0.1, 0.15) is 19.0 Å². The second-order valence-corrected chi connectivity index (χ2v) is 8.23. The van der Waals surface area contributed by atoms with Gasteiger partial charge >= 0.3 is 5.97 Å². The lowest BCUT2D eigenvalue weighted by molar-refractivity contribution is 0.0346. The highest BCUT2D eigenvalue weighted by Gasteiger charge is 2.28. The fraction of sp³-hybridized carbons (Fsp3) is 0.682. The van der Waals surface area contributed by atoms with Gasteiger partial charge < -0.3 is 14.2 Å². The van der Waals surface area contributed by atoms with Gasteiger partial charge in [0, 0.05) is 25.3 Å². The molecule has 3 aliphatic rings. The molecule has 0 radical (unpaired) electrons. The number of hydrogen-bond acceptors (Lipinski definition) is 5. The number of carbonyl (C=O) groups excluding carboxylic acids is 1. The highest BCUT2D eigenvalue weighted by molar-refractivity contribution is 5.93. The molecule has 0 amide bonds. The lowest BCUT2D eigenvalue weighted by atomic mass is 9.86. The summed E-state index contributed by atoms with van der Waals surface area (Å²) in [5, 5.41) is 0. The Balaban J connectivity index is 1.31. The van der Waals surface area contributed by atoms with Crippen molar-refractivity contribution < 1.29 is 19.0 Å². The molecule has 0 spiro atoms. The van der Waals surface area contributed by atoms with Crippen molar-refractivity contribution in [3.8, 4) is 5.75 Å². The number of esters is 1. The van der Waals surface area contributed by atoms with E-state index in [2.05, 4.69) is 4.90 Å². The number of carbonyl (C=O) groups is 1. The van der Waals surface area contributed by atoms with E-state index in [0.717, 1.165) is 23.8 Å². The third kappa shape index (κ3) is 4.46. The van der Waals surface area contributed by atoms with Crippen LogP contribution < -0.4 is 4.74 Å². The van der Waals surface area contributed by atoms with Gasteiger partial charge in [0.15, 0.2) is 0 Å². The van der Waals surface area contributed by atoms with Crippen LogP contribution in [0.2, 0.25) is 0 Å². The standard InChI is InChI=1S/C22H31NO4/c1-25-19-7-5-16(6-8-19)13-23-11-3-2-4-18(23)15-26-20-9-10-21-17(12-20)14-27-22(21)24/h9-10,12,16,18-19H,2-8,11,13-15H2,1H3. The molecule has 5 nitrogen and oxygen atoms in total. The topological polar surface area (TPSA) is 48.0 Å². The molecule has 27 heavy (non-hydrogen) atoms. The minimum atomic E-state index is -0.224. The summed E-state index contributed by atoms with van der Waals surface area (Å²) in [4.78, 5) is 14.2. The number of hydrogen-bond donors (Lipinski definition) is 0. The molecule has 1 saturated heterocycles. The summed E-state index contributed by atoms with van der Waals surface area (Å²) in [5.74, 6) is 1.41. The molecule has 148 valence electrons. The highest BCUT2D eigenvalue weighted by atomic mass is 16.5. The number of nitrogens with zero attached hydrogens (tertiary/aromatic N) is 1. The number of methoxy groups -OCH3 is 1. The third-order valence-corrected chi connectivity index (χ3v) is 6.47. The fourth-order valence-corrected chi connectivity index (χ4v) is 4.76. The Labute approximate surface area is 162 Å². The summed E-state index contributed by atoms with van der Waals surface area (Å²) in [6, 6.07) is 6.17. The molecule has 0 aromatic heterocycles. The second kappa shape index (κ2) is 8.61. The first-order valence-electron chi connectivity index (χ1n) is 10.4. The maximum absolute atomic E-state index is 11.6. The molecule has 4 rings (SSSR count). The van der Waals surface area contributed by atoms with Crippen molar-refractivity contribution in [3.63, 3.8) is 0 Å². The molecule has 2 fully saturated rings. The number of likely N-dealkylation sites (tertiary alicyclic amines) is 1. The van der Waals surface area contributed by atoms with E-state index in [-0.39, 0.29) is 5.97 Å². The van der Waals surface area contributed by atoms with E-state index in [1.807, 2.05) is 25.3 Å². The van der Waals surface area contributed by atoms with Gasteiger partial charge in [0.2, 0.25) is 0 Å². The first-order valence-corrected chi connectivity index (χ1v) is 10.4. The number of cyclic esters (lactones) is 1. The molecule has 2 heterocycles. The summed E-state index contributed by atoms with van der Waals surface area (Å²) in [6.07, 6.45) is 9.22. The van der Waals surface area contributed by atoms with Gasteiger partial charge in [-0.1, -0.05) is 6.42 Å². The number of piperidine rings is 1. The molecule has 5 heteroatoms. The quantitative estimate of drug-likeness (QED) is 0.710. The van der Waals surface area contributed by atoms with Crippen molar-refractivity contribution in [2.45, 2.75) is 63.7 Å². The maximum atomic E-state index is 11.6. The monoisotopic (exact) mass is 373 g/mol. The van der Waals surface area contributed by atoms with Crippen LogP contribution in [0, 0.1) is 5.92 Å². The Kier molecular flexibility index (Phi) is 5.98. The van der Waals surface area contributed by atoms with Crippen LogP contribution in [-0.2, 0) is 16.1 Å². The van der Waals surface area contributed by atoms with Gasteiger partial charge in [-0.15, -0.1) is 0 Å². The molecule has 1 aromatic rings. The van der Waals surface area contributed by atoms with Crippen LogP contribution in [0.25, 0.3) is 0 Å². The molecular weight excluding hydrogens is 342 g/mol. The van der Waals surface area contributed by atoms with Crippen molar-refractivity contribution in [2.24, 2.45) is 5.92 Å². The molecule has 1 aliphatic carbocycles. The van der Waals surface area contributed by atoms with Gasteiger partial charge in [0.25, 0.3) is 0 Å². The van der Waals surface area contributed by atoms with Crippen molar-refractivity contribution >= 4 is 5.97 Å². The molecule has 0 bridgehead atoms. The van der Waals surface area contributed by atoms with Gasteiger partial charge in [-0.05, 0) is 69.2 Å². The Bertz CT molecular complexity index is 654. The number of ether oxygens (including phenoxy) is 3. The molecular formula is C22H31NO4. The molecule has 2 aliphatic heterocycles. The SMILES string of the molecule is COC1CCC(CN2CCCCC2COc2ccc3c(c2)COC3=O)CC1. The van der Waals surface area contributed by atoms with E-state index in [1.54, 1.807) is 0 Å². The van der Waals surface area contributed by atoms with Crippen molar-refractivity contribution in [2.75, 3.05) is 26.8 Å². The Morgan fingerprint density at radius 2 is 2.00 bits per heavy atom. The number of rotatable bonds is 6. The van der Waals surface area contributed by atoms with Gasteiger partial charge in [0.05, 0.1) is 11.7 Å². The van der Waals surface area contributed by atoms with Crippen LogP contribution in [0.4, 0.5) is 0 Å². The fourth-order valence-electron chi connectivity index (χ4n) is 4.76. The zero-order valence-corrected chi connectivity index (χ0v) is 16.3. The zero-order valence-electron chi connectivity index (χ0n) is 16.3. The Morgan fingerprint density at radius 1 is 1.15 bits per heavy atom. The predicted molar refractivity (Wildman–Crippen MR) is 103 cm³/mol. The van der Waals surface area contributed by atoms with E-state index >= 15 is 0 Å². The maximum Gasteiger partial charge on any atom is 0.338 e. The average molecular weight is 373 g/mol. The van der Waals surface area contributed by atoms with E-state index in [0.29, 0.717) is 24.3 Å². The van der Waals surface area contributed by atoms with Crippen LogP contribution in [0.1, 0.15) is 60.9 Å². The zero-order chi connectivity index (χ0) is 18.6. The summed E-state index contributed by atoms with van der Waals surface area (Å²) in [7, 11) is 1.84. The highest BCUT2D eigenvalue weighted by Crippen LogP contribution is 2.29. The lowest BCUT2D eigenvalue weighted by Crippen LogP contribution is -2.46. The molecule has 0 N–H and O–H groups in total. The van der Waals surface area contributed by atoms with Crippen LogP contribution >= 0.6 is 0 Å². The Morgan fingerprint density at radius 3 is 2.81 bits per heavy atom. The smallest absolute Gasteiger partial charge is 0.338 e. The van der Waals surface area contributed by atoms with Crippen LogP contribution in [0.5, 0.6) is 5.75 Å². The molecule has 1 atom stereocenters. The summed E-state index contributed by atoms with van der Waals surface area (Å²) in [5.41, 5.74) is 1.61. The first kappa shape index (κ1) is 18.8. The summed E-state index contributed by atoms with van der Waals surface area (Å²) in [6.45, 7) is 3.47. The molecule has 1 aromatic carbocycles. The molecule has 1 unspecified atom stereocenters. The van der Waals surface area contributed by atoms with Gasteiger partial charge in [-0.2, -0.15) is 0 Å². The minimum Gasteiger partial charge on any atom is -0.492 e. The Hall–Kier alpha value is -1.59.